The van der Waals surface area contributed by atoms with Gasteiger partial charge >= 0.3 is 0 Å². The van der Waals surface area contributed by atoms with Crippen molar-refractivity contribution in [3.8, 4) is 11.4 Å². The topological polar surface area (TPSA) is 77.6 Å². The first-order valence-electron chi connectivity index (χ1n) is 10.00. The minimum Gasteiger partial charge on any atom is -0.334 e. The van der Waals surface area contributed by atoms with E-state index in [0.29, 0.717) is 0 Å². The van der Waals surface area contributed by atoms with Crippen molar-refractivity contribution in [2.45, 2.75) is 36.2 Å². The molecule has 0 saturated heterocycles. The van der Waals surface area contributed by atoms with Crippen LogP contribution in [0.25, 0.3) is 22.4 Å². The molecule has 30 heavy (non-hydrogen) atoms. The normalized spacial score (nSPS) is 14.7. The molecule has 2 heterocycles. The number of nitrogens with one attached hydrogen (secondary N) is 1. The maximum absolute atomic E-state index is 12.9. The van der Waals surface area contributed by atoms with Crippen LogP contribution in [0.5, 0.6) is 0 Å². The van der Waals surface area contributed by atoms with Crippen molar-refractivity contribution in [1.82, 2.24) is 24.3 Å². The van der Waals surface area contributed by atoms with Gasteiger partial charge in [-0.05, 0) is 50.1 Å². The number of aryl methyl sites for hydroxylation is 1. The van der Waals surface area contributed by atoms with Gasteiger partial charge in [-0.25, -0.2) is 4.98 Å². The smallest absolute Gasteiger partial charge is 0.241 e. The predicted octanol–water partition coefficient (Wildman–Crippen LogP) is 4.12. The second kappa shape index (κ2) is 7.28. The number of para-hydroxylation sites is 1. The van der Waals surface area contributed by atoms with Crippen LogP contribution >= 0.6 is 11.8 Å². The van der Waals surface area contributed by atoms with E-state index in [-0.39, 0.29) is 5.91 Å². The number of carbonyl (C=O) groups is 1. The third kappa shape index (κ3) is 3.27. The average molecular weight is 419 g/mol. The van der Waals surface area contributed by atoms with Crippen LogP contribution < -0.4 is 5.32 Å². The number of anilines is 1. The first-order valence-corrected chi connectivity index (χ1v) is 10.8. The fraction of sp³-hybridized carbons (Fsp3) is 0.273. The molecule has 2 aromatic carbocycles. The molecule has 1 aliphatic rings. The molecule has 1 saturated carbocycles. The summed E-state index contributed by atoms with van der Waals surface area (Å²) in [6.07, 6.45) is 3.48. The number of thioether (sulfide) groups is 1. The van der Waals surface area contributed by atoms with E-state index in [0.717, 1.165) is 52.7 Å². The summed E-state index contributed by atoms with van der Waals surface area (Å²) in [5, 5.41) is 12.7. The molecular weight excluding hydrogens is 396 g/mol. The van der Waals surface area contributed by atoms with E-state index in [1.807, 2.05) is 60.4 Å². The molecule has 1 aliphatic carbocycles. The number of hydrogen-bond acceptors (Lipinski definition) is 5. The number of nitrogens with zero attached hydrogens (tertiary/aromatic N) is 5. The number of rotatable bonds is 6. The largest absolute Gasteiger partial charge is 0.334 e. The molecule has 7 nitrogen and oxygen atoms in total. The van der Waals surface area contributed by atoms with Gasteiger partial charge in [-0.3, -0.25) is 4.79 Å². The van der Waals surface area contributed by atoms with Crippen LogP contribution in [0.4, 0.5) is 5.69 Å². The second-order valence-electron chi connectivity index (χ2n) is 7.53. The number of amides is 1. The Labute approximate surface area is 178 Å². The van der Waals surface area contributed by atoms with Gasteiger partial charge in [0.25, 0.3) is 0 Å². The van der Waals surface area contributed by atoms with Crippen LogP contribution in [0.15, 0.2) is 60.0 Å². The van der Waals surface area contributed by atoms with Gasteiger partial charge in [0.05, 0.1) is 17.4 Å². The van der Waals surface area contributed by atoms with Gasteiger partial charge in [0, 0.05) is 24.8 Å². The van der Waals surface area contributed by atoms with Crippen LogP contribution in [0.2, 0.25) is 0 Å². The molecule has 0 spiro atoms. The van der Waals surface area contributed by atoms with Gasteiger partial charge in [0.1, 0.15) is 4.75 Å². The highest BCUT2D eigenvalue weighted by molar-refractivity contribution is 8.01. The second-order valence-corrected chi connectivity index (χ2v) is 8.88. The van der Waals surface area contributed by atoms with Gasteiger partial charge in [-0.2, -0.15) is 0 Å². The number of benzene rings is 2. The van der Waals surface area contributed by atoms with Crippen molar-refractivity contribution in [3.05, 3.63) is 54.9 Å². The van der Waals surface area contributed by atoms with E-state index in [4.69, 9.17) is 0 Å². The Balaban J connectivity index is 1.42. The summed E-state index contributed by atoms with van der Waals surface area (Å²) in [4.78, 5) is 17.3. The van der Waals surface area contributed by atoms with Crippen LogP contribution in [-0.2, 0) is 18.4 Å². The molecule has 0 radical (unpaired) electrons. The molecule has 8 heteroatoms. The summed E-state index contributed by atoms with van der Waals surface area (Å²) >= 11 is 1.52. The van der Waals surface area contributed by atoms with E-state index < -0.39 is 4.75 Å². The maximum Gasteiger partial charge on any atom is 0.241 e. The first-order chi connectivity index (χ1) is 14.6. The molecule has 1 fully saturated rings. The quantitative estimate of drug-likeness (QED) is 0.510. The fourth-order valence-corrected chi connectivity index (χ4v) is 4.77. The molecule has 5 rings (SSSR count). The Morgan fingerprint density at radius 2 is 1.97 bits per heavy atom. The van der Waals surface area contributed by atoms with E-state index in [1.165, 1.54) is 11.8 Å². The van der Waals surface area contributed by atoms with Crippen molar-refractivity contribution >= 4 is 34.4 Å². The maximum atomic E-state index is 12.9. The van der Waals surface area contributed by atoms with Crippen LogP contribution in [0.3, 0.4) is 0 Å². The molecular formula is C22H22N6OS. The number of hydrogen-bond donors (Lipinski definition) is 1. The highest BCUT2D eigenvalue weighted by Gasteiger charge is 2.52. The summed E-state index contributed by atoms with van der Waals surface area (Å²) in [5.41, 5.74) is 3.81. The molecule has 0 atom stereocenters. The lowest BCUT2D eigenvalue weighted by Crippen LogP contribution is -2.27. The zero-order chi connectivity index (χ0) is 20.7. The Hall–Kier alpha value is -3.13. The van der Waals surface area contributed by atoms with Gasteiger partial charge in [-0.1, -0.05) is 30.0 Å². The lowest BCUT2D eigenvalue weighted by Gasteiger charge is -2.15. The summed E-state index contributed by atoms with van der Waals surface area (Å²) in [6.45, 7) is 2.80. The minimum absolute atomic E-state index is 0.0298. The van der Waals surface area contributed by atoms with E-state index in [2.05, 4.69) is 38.1 Å². The Morgan fingerprint density at radius 3 is 2.70 bits per heavy atom. The van der Waals surface area contributed by atoms with Crippen LogP contribution in [0.1, 0.15) is 19.8 Å². The van der Waals surface area contributed by atoms with E-state index in [9.17, 15) is 4.79 Å². The highest BCUT2D eigenvalue weighted by Crippen LogP contribution is 2.52. The van der Waals surface area contributed by atoms with E-state index >= 15 is 0 Å². The standard InChI is InChI=1S/C22H22N6OS/c1-3-28-19(15-9-10-17-18(13-15)27(2)14-23-17)25-26-21(28)30-22(11-12-22)20(29)24-16-7-5-4-6-8-16/h4-10,13-14H,3,11-12H2,1-2H3,(H,24,29). The molecule has 1 N–H and O–H groups in total. The number of imidazole rings is 1. The molecule has 0 unspecified atom stereocenters. The molecule has 2 aromatic heterocycles. The SMILES string of the molecule is CCn1c(SC2(C(=O)Nc3ccccc3)CC2)nnc1-c1ccc2ncn(C)c2c1. The molecule has 152 valence electrons. The third-order valence-electron chi connectivity index (χ3n) is 5.45. The van der Waals surface area contributed by atoms with Gasteiger partial charge in [-0.15, -0.1) is 10.2 Å². The monoisotopic (exact) mass is 418 g/mol. The van der Waals surface area contributed by atoms with Crippen LogP contribution in [-0.4, -0.2) is 35.0 Å². The van der Waals surface area contributed by atoms with Gasteiger partial charge in [0.2, 0.25) is 5.91 Å². The Kier molecular flexibility index (Phi) is 4.58. The van der Waals surface area contributed by atoms with Gasteiger partial charge < -0.3 is 14.5 Å². The van der Waals surface area contributed by atoms with Crippen molar-refractivity contribution < 1.29 is 4.79 Å². The lowest BCUT2D eigenvalue weighted by molar-refractivity contribution is -0.116. The lowest BCUT2D eigenvalue weighted by atomic mass is 10.2. The summed E-state index contributed by atoms with van der Waals surface area (Å²) in [6, 6.07) is 15.7. The van der Waals surface area contributed by atoms with Crippen molar-refractivity contribution in [2.75, 3.05) is 5.32 Å². The number of fused-ring (bicyclic) bond motifs is 1. The number of carbonyl (C=O) groups excluding carboxylic acids is 1. The predicted molar refractivity (Wildman–Crippen MR) is 118 cm³/mol. The molecule has 0 aliphatic heterocycles. The zero-order valence-electron chi connectivity index (χ0n) is 16.9. The molecule has 4 aromatic rings. The average Bonchev–Trinajstić information content (AvgIpc) is 3.31. The summed E-state index contributed by atoms with van der Waals surface area (Å²) in [7, 11) is 1.98. The van der Waals surface area contributed by atoms with Crippen LogP contribution in [0, 0.1) is 0 Å². The van der Waals surface area contributed by atoms with E-state index in [1.54, 1.807) is 0 Å². The summed E-state index contributed by atoms with van der Waals surface area (Å²) < 4.78 is 3.60. The third-order valence-corrected chi connectivity index (χ3v) is 6.92. The minimum atomic E-state index is -0.473. The fourth-order valence-electron chi connectivity index (χ4n) is 3.56. The zero-order valence-corrected chi connectivity index (χ0v) is 17.7. The Morgan fingerprint density at radius 1 is 1.17 bits per heavy atom. The van der Waals surface area contributed by atoms with Crippen molar-refractivity contribution in [2.24, 2.45) is 7.05 Å². The highest BCUT2D eigenvalue weighted by atomic mass is 32.2. The Bertz CT molecular complexity index is 1230. The molecule has 0 bridgehead atoms. The summed E-state index contributed by atoms with van der Waals surface area (Å²) in [5.74, 6) is 0.838. The van der Waals surface area contributed by atoms with Crippen molar-refractivity contribution in [3.63, 3.8) is 0 Å². The van der Waals surface area contributed by atoms with Gasteiger partial charge in [0.15, 0.2) is 11.0 Å². The molecule has 1 amide bonds. The number of aromatic nitrogens is 5. The first kappa shape index (κ1) is 18.9. The van der Waals surface area contributed by atoms with Crippen molar-refractivity contribution in [1.29, 1.82) is 0 Å².